The molecule has 0 aliphatic carbocycles. The number of carbonyl (C=O) groups excluding carboxylic acids is 1. The highest BCUT2D eigenvalue weighted by atomic mass is 16.4. The molecule has 4 nitrogen and oxygen atoms in total. The van der Waals surface area contributed by atoms with Gasteiger partial charge in [0.05, 0.1) is 12.1 Å². The van der Waals surface area contributed by atoms with E-state index in [0.717, 1.165) is 5.39 Å². The molecular formula is C12H11NO3. The molecule has 0 spiro atoms. The van der Waals surface area contributed by atoms with Crippen LogP contribution in [0.3, 0.4) is 0 Å². The zero-order valence-corrected chi connectivity index (χ0v) is 8.82. The summed E-state index contributed by atoms with van der Waals surface area (Å²) in [5.41, 5.74) is 0.344. The van der Waals surface area contributed by atoms with Gasteiger partial charge in [-0.2, -0.15) is 0 Å². The molecule has 0 aliphatic heterocycles. The summed E-state index contributed by atoms with van der Waals surface area (Å²) in [6, 6.07) is 8.22. The van der Waals surface area contributed by atoms with Crippen LogP contribution in [-0.4, -0.2) is 19.4 Å². The van der Waals surface area contributed by atoms with Crippen LogP contribution in [0.1, 0.15) is 10.4 Å². The minimum atomic E-state index is -0.447. The normalized spacial score (nSPS) is 10.6. The largest absolute Gasteiger partial charge is 0.422 e. The Morgan fingerprint density at radius 1 is 1.31 bits per heavy atom. The van der Waals surface area contributed by atoms with Crippen LogP contribution in [0.5, 0.6) is 0 Å². The zero-order valence-electron chi connectivity index (χ0n) is 8.82. The van der Waals surface area contributed by atoms with Crippen molar-refractivity contribution >= 4 is 16.8 Å². The maximum absolute atomic E-state index is 11.7. The van der Waals surface area contributed by atoms with Gasteiger partial charge in [0.15, 0.2) is 5.78 Å². The number of likely N-dealkylation sites (N-methyl/N-ethyl adjacent to an activating group) is 1. The van der Waals surface area contributed by atoms with E-state index in [-0.39, 0.29) is 12.3 Å². The molecule has 0 amide bonds. The number of benzene rings is 1. The monoisotopic (exact) mass is 217 g/mol. The molecular weight excluding hydrogens is 206 g/mol. The third kappa shape index (κ3) is 1.87. The highest BCUT2D eigenvalue weighted by Gasteiger charge is 2.11. The van der Waals surface area contributed by atoms with Gasteiger partial charge >= 0.3 is 5.63 Å². The van der Waals surface area contributed by atoms with E-state index in [9.17, 15) is 9.59 Å². The first-order valence-corrected chi connectivity index (χ1v) is 4.93. The van der Waals surface area contributed by atoms with Gasteiger partial charge in [-0.25, -0.2) is 4.79 Å². The van der Waals surface area contributed by atoms with E-state index in [1.807, 2.05) is 0 Å². The smallest absolute Gasteiger partial charge is 0.336 e. The van der Waals surface area contributed by atoms with Crippen molar-refractivity contribution in [3.8, 4) is 0 Å². The van der Waals surface area contributed by atoms with E-state index >= 15 is 0 Å². The number of hydrogen-bond acceptors (Lipinski definition) is 4. The molecule has 1 heterocycles. The van der Waals surface area contributed by atoms with Gasteiger partial charge in [0, 0.05) is 11.5 Å². The fraction of sp³-hybridized carbons (Fsp3) is 0.167. The van der Waals surface area contributed by atoms with E-state index < -0.39 is 5.63 Å². The summed E-state index contributed by atoms with van der Waals surface area (Å²) in [5.74, 6) is -0.0950. The predicted molar refractivity (Wildman–Crippen MR) is 60.7 cm³/mol. The molecule has 0 bridgehead atoms. The molecule has 4 heteroatoms. The quantitative estimate of drug-likeness (QED) is 0.619. The maximum atomic E-state index is 11.7. The molecule has 2 rings (SSSR count). The van der Waals surface area contributed by atoms with E-state index in [4.69, 9.17) is 4.42 Å². The minimum absolute atomic E-state index is 0.0950. The van der Waals surface area contributed by atoms with Crippen molar-refractivity contribution in [3.05, 3.63) is 46.3 Å². The Balaban J connectivity index is 2.65. The lowest BCUT2D eigenvalue weighted by Crippen LogP contribution is -2.19. The number of ketones is 1. The van der Waals surface area contributed by atoms with Crippen molar-refractivity contribution in [2.75, 3.05) is 13.6 Å². The molecule has 0 saturated carbocycles. The van der Waals surface area contributed by atoms with Crippen molar-refractivity contribution < 1.29 is 9.21 Å². The number of fused-ring (bicyclic) bond motifs is 1. The van der Waals surface area contributed by atoms with E-state index in [2.05, 4.69) is 5.32 Å². The Bertz CT molecular complexity index is 586. The van der Waals surface area contributed by atoms with Crippen LogP contribution >= 0.6 is 0 Å². The van der Waals surface area contributed by atoms with Gasteiger partial charge in [-0.3, -0.25) is 4.79 Å². The number of rotatable bonds is 3. The second-order valence-corrected chi connectivity index (χ2v) is 3.43. The Kier molecular flexibility index (Phi) is 2.83. The molecule has 0 fully saturated rings. The lowest BCUT2D eigenvalue weighted by molar-refractivity contribution is 0.0994. The number of nitrogens with one attached hydrogen (secondary N) is 1. The van der Waals surface area contributed by atoms with Crippen molar-refractivity contribution in [3.63, 3.8) is 0 Å². The van der Waals surface area contributed by atoms with Crippen LogP contribution < -0.4 is 10.9 Å². The second kappa shape index (κ2) is 4.28. The molecule has 0 radical (unpaired) electrons. The van der Waals surface area contributed by atoms with Crippen LogP contribution in [0.2, 0.25) is 0 Å². The Hall–Kier alpha value is -1.94. The average Bonchev–Trinajstić information content (AvgIpc) is 2.28. The number of para-hydroxylation sites is 1. The number of hydrogen-bond donors (Lipinski definition) is 1. The molecule has 1 aromatic carbocycles. The van der Waals surface area contributed by atoms with Gasteiger partial charge in [0.25, 0.3) is 0 Å². The standard InChI is InChI=1S/C12H11NO3/c1-13-7-10(14)9-4-2-3-8-5-6-11(15)16-12(8)9/h2-6,13H,7H2,1H3. The SMILES string of the molecule is CNCC(=O)c1cccc2ccc(=O)oc12. The fourth-order valence-electron chi connectivity index (χ4n) is 1.57. The van der Waals surface area contributed by atoms with Crippen LogP contribution in [0.4, 0.5) is 0 Å². The summed E-state index contributed by atoms with van der Waals surface area (Å²) >= 11 is 0. The first-order valence-electron chi connectivity index (χ1n) is 4.93. The second-order valence-electron chi connectivity index (χ2n) is 3.43. The highest BCUT2D eigenvalue weighted by molar-refractivity contribution is 6.06. The van der Waals surface area contributed by atoms with Gasteiger partial charge in [-0.1, -0.05) is 12.1 Å². The Labute approximate surface area is 91.9 Å². The van der Waals surface area contributed by atoms with Crippen molar-refractivity contribution in [1.82, 2.24) is 5.32 Å². The molecule has 0 unspecified atom stereocenters. The Morgan fingerprint density at radius 2 is 2.12 bits per heavy atom. The zero-order chi connectivity index (χ0) is 11.5. The van der Waals surface area contributed by atoms with Crippen molar-refractivity contribution in [2.24, 2.45) is 0 Å². The van der Waals surface area contributed by atoms with Gasteiger partial charge in [-0.05, 0) is 19.2 Å². The number of Topliss-reactive ketones (excluding diaryl/α,β-unsaturated/α-hetero) is 1. The fourth-order valence-corrected chi connectivity index (χ4v) is 1.57. The number of carbonyl (C=O) groups is 1. The molecule has 0 saturated heterocycles. The molecule has 82 valence electrons. The summed E-state index contributed by atoms with van der Waals surface area (Å²) in [4.78, 5) is 22.9. The maximum Gasteiger partial charge on any atom is 0.336 e. The third-order valence-electron chi connectivity index (χ3n) is 2.28. The van der Waals surface area contributed by atoms with E-state index in [1.54, 1.807) is 31.3 Å². The van der Waals surface area contributed by atoms with Gasteiger partial charge < -0.3 is 9.73 Å². The van der Waals surface area contributed by atoms with E-state index in [1.165, 1.54) is 6.07 Å². The van der Waals surface area contributed by atoms with Gasteiger partial charge in [0.1, 0.15) is 5.58 Å². The summed E-state index contributed by atoms with van der Waals surface area (Å²) in [6.07, 6.45) is 0. The van der Waals surface area contributed by atoms with Gasteiger partial charge in [0.2, 0.25) is 0 Å². The summed E-state index contributed by atoms with van der Waals surface area (Å²) < 4.78 is 5.06. The summed E-state index contributed by atoms with van der Waals surface area (Å²) in [5, 5.41) is 3.53. The lowest BCUT2D eigenvalue weighted by Gasteiger charge is -2.03. The molecule has 1 aromatic heterocycles. The highest BCUT2D eigenvalue weighted by Crippen LogP contribution is 2.16. The first kappa shape index (κ1) is 10.6. The van der Waals surface area contributed by atoms with Crippen LogP contribution in [-0.2, 0) is 0 Å². The minimum Gasteiger partial charge on any atom is -0.422 e. The van der Waals surface area contributed by atoms with Crippen molar-refractivity contribution in [2.45, 2.75) is 0 Å². The first-order chi connectivity index (χ1) is 7.72. The summed E-state index contributed by atoms with van der Waals surface area (Å²) in [7, 11) is 1.69. The lowest BCUT2D eigenvalue weighted by atomic mass is 10.1. The van der Waals surface area contributed by atoms with Crippen LogP contribution in [0.25, 0.3) is 11.0 Å². The Morgan fingerprint density at radius 3 is 2.88 bits per heavy atom. The van der Waals surface area contributed by atoms with Crippen LogP contribution in [0.15, 0.2) is 39.5 Å². The molecule has 16 heavy (non-hydrogen) atoms. The van der Waals surface area contributed by atoms with Crippen molar-refractivity contribution in [1.29, 1.82) is 0 Å². The van der Waals surface area contributed by atoms with E-state index in [0.29, 0.717) is 11.1 Å². The average molecular weight is 217 g/mol. The molecule has 2 aromatic rings. The molecule has 1 N–H and O–H groups in total. The van der Waals surface area contributed by atoms with Crippen LogP contribution in [0, 0.1) is 0 Å². The van der Waals surface area contributed by atoms with Gasteiger partial charge in [-0.15, -0.1) is 0 Å². The molecule has 0 atom stereocenters. The predicted octanol–water partition coefficient (Wildman–Crippen LogP) is 1.20. The topological polar surface area (TPSA) is 59.3 Å². The summed E-state index contributed by atoms with van der Waals surface area (Å²) in [6.45, 7) is 0.220. The third-order valence-corrected chi connectivity index (χ3v) is 2.28. The molecule has 0 aliphatic rings.